The van der Waals surface area contributed by atoms with E-state index in [1.807, 2.05) is 13.0 Å². The molecule has 0 aliphatic heterocycles. The second kappa shape index (κ2) is 6.83. The molecule has 0 aliphatic carbocycles. The van der Waals surface area contributed by atoms with Crippen molar-refractivity contribution in [3.8, 4) is 0 Å². The maximum Gasteiger partial charge on any atom is 0.162 e. The Bertz CT molecular complexity index is 588. The molecular formula is C15H13BrClFO. The van der Waals surface area contributed by atoms with Crippen LogP contribution < -0.4 is 0 Å². The van der Waals surface area contributed by atoms with Gasteiger partial charge in [-0.1, -0.05) is 46.3 Å². The van der Waals surface area contributed by atoms with Gasteiger partial charge in [0.2, 0.25) is 0 Å². The van der Waals surface area contributed by atoms with Gasteiger partial charge in [0.05, 0.1) is 5.56 Å². The summed E-state index contributed by atoms with van der Waals surface area (Å²) in [5.74, 6) is -0.944. The first kappa shape index (κ1) is 15.9. The van der Waals surface area contributed by atoms with Crippen LogP contribution in [0.5, 0.6) is 0 Å². The van der Waals surface area contributed by atoms with E-state index in [9.17, 15) is 9.18 Å². The number of ketones is 1. The van der Waals surface area contributed by atoms with Gasteiger partial charge in [0, 0.05) is 15.1 Å². The molecule has 19 heavy (non-hydrogen) atoms. The predicted molar refractivity (Wildman–Crippen MR) is 82.3 cm³/mol. The highest BCUT2D eigenvalue weighted by Crippen LogP contribution is 2.29. The summed E-state index contributed by atoms with van der Waals surface area (Å²) in [6.45, 7) is 6.85. The zero-order chi connectivity index (χ0) is 14.6. The first-order valence-corrected chi connectivity index (χ1v) is 6.74. The first-order valence-electron chi connectivity index (χ1n) is 5.57. The van der Waals surface area contributed by atoms with Crippen molar-refractivity contribution in [1.29, 1.82) is 0 Å². The Balaban J connectivity index is 3.43. The molecule has 1 aromatic rings. The van der Waals surface area contributed by atoms with Crippen LogP contribution in [0.2, 0.25) is 5.02 Å². The van der Waals surface area contributed by atoms with Crippen molar-refractivity contribution in [2.75, 3.05) is 0 Å². The van der Waals surface area contributed by atoms with Crippen molar-refractivity contribution in [3.05, 3.63) is 63.4 Å². The molecule has 0 unspecified atom stereocenters. The summed E-state index contributed by atoms with van der Waals surface area (Å²) in [5, 5.41) is 0.314. The summed E-state index contributed by atoms with van der Waals surface area (Å²) in [5.41, 5.74) is 1.16. The fourth-order valence-corrected chi connectivity index (χ4v) is 2.04. The smallest absolute Gasteiger partial charge is 0.162 e. The maximum atomic E-state index is 13.8. The number of allylic oxidation sites excluding steroid dienone is 5. The molecule has 0 N–H and O–H groups in total. The van der Waals surface area contributed by atoms with Crippen LogP contribution in [0, 0.1) is 5.82 Å². The molecule has 4 heteroatoms. The van der Waals surface area contributed by atoms with Gasteiger partial charge in [0.15, 0.2) is 5.78 Å². The van der Waals surface area contributed by atoms with Gasteiger partial charge < -0.3 is 0 Å². The molecule has 0 heterocycles. The molecule has 100 valence electrons. The number of rotatable bonds is 4. The topological polar surface area (TPSA) is 17.1 Å². The van der Waals surface area contributed by atoms with Crippen molar-refractivity contribution in [2.24, 2.45) is 0 Å². The van der Waals surface area contributed by atoms with Gasteiger partial charge >= 0.3 is 0 Å². The molecule has 0 saturated carbocycles. The Labute approximate surface area is 125 Å². The lowest BCUT2D eigenvalue weighted by atomic mass is 10.0. The van der Waals surface area contributed by atoms with Gasteiger partial charge in [-0.3, -0.25) is 4.79 Å². The van der Waals surface area contributed by atoms with Crippen LogP contribution in [0.1, 0.15) is 29.8 Å². The summed E-state index contributed by atoms with van der Waals surface area (Å²) in [6.07, 6.45) is 5.21. The normalized spacial score (nSPS) is 12.5. The lowest BCUT2D eigenvalue weighted by Crippen LogP contribution is -1.99. The summed E-state index contributed by atoms with van der Waals surface area (Å²) < 4.78 is 14.7. The Morgan fingerprint density at radius 1 is 1.42 bits per heavy atom. The second-order valence-corrected chi connectivity index (χ2v) is 5.17. The minimum Gasteiger partial charge on any atom is -0.294 e. The fourth-order valence-electron chi connectivity index (χ4n) is 1.52. The van der Waals surface area contributed by atoms with E-state index in [0.29, 0.717) is 16.2 Å². The van der Waals surface area contributed by atoms with Crippen LogP contribution in [0.3, 0.4) is 0 Å². The van der Waals surface area contributed by atoms with E-state index in [-0.39, 0.29) is 11.3 Å². The molecule has 0 bridgehead atoms. The standard InChI is InChI=1S/C15H13BrClFO/c1-4-10(6-11(16)5-2)13-8-15(18)12(9(3)19)7-14(13)17/h4-8H,1H2,2-3H3/b10-6+,11-5+. The van der Waals surface area contributed by atoms with E-state index in [1.165, 1.54) is 19.1 Å². The van der Waals surface area contributed by atoms with Gasteiger partial charge in [-0.25, -0.2) is 4.39 Å². The molecule has 0 atom stereocenters. The van der Waals surface area contributed by atoms with Gasteiger partial charge in [0.25, 0.3) is 0 Å². The molecular weight excluding hydrogens is 331 g/mol. The quantitative estimate of drug-likeness (QED) is 0.517. The molecule has 0 saturated heterocycles. The van der Waals surface area contributed by atoms with Crippen molar-refractivity contribution < 1.29 is 9.18 Å². The minimum absolute atomic E-state index is 0.0118. The lowest BCUT2D eigenvalue weighted by Gasteiger charge is -2.08. The molecule has 0 fully saturated rings. The van der Waals surface area contributed by atoms with E-state index < -0.39 is 5.82 Å². The molecule has 1 nitrogen and oxygen atoms in total. The number of carbonyl (C=O) groups excluding carboxylic acids is 1. The number of hydrogen-bond donors (Lipinski definition) is 0. The molecule has 0 aromatic heterocycles. The van der Waals surface area contributed by atoms with Gasteiger partial charge in [0.1, 0.15) is 5.82 Å². The summed E-state index contributed by atoms with van der Waals surface area (Å²) in [4.78, 5) is 11.2. The lowest BCUT2D eigenvalue weighted by molar-refractivity contribution is 0.101. The maximum absolute atomic E-state index is 13.8. The third-order valence-corrected chi connectivity index (χ3v) is 3.54. The molecule has 1 aromatic carbocycles. The zero-order valence-corrected chi connectivity index (χ0v) is 13.0. The number of benzene rings is 1. The van der Waals surface area contributed by atoms with E-state index in [4.69, 9.17) is 11.6 Å². The van der Waals surface area contributed by atoms with E-state index in [2.05, 4.69) is 22.5 Å². The van der Waals surface area contributed by atoms with Crippen molar-refractivity contribution in [2.45, 2.75) is 13.8 Å². The Kier molecular flexibility index (Phi) is 5.70. The second-order valence-electron chi connectivity index (χ2n) is 3.85. The van der Waals surface area contributed by atoms with E-state index in [1.54, 1.807) is 12.2 Å². The number of hydrogen-bond acceptors (Lipinski definition) is 1. The molecule has 1 rings (SSSR count). The van der Waals surface area contributed by atoms with Gasteiger partial charge in [-0.15, -0.1) is 0 Å². The Hall–Kier alpha value is -1.19. The number of carbonyl (C=O) groups is 1. The van der Waals surface area contributed by atoms with E-state index >= 15 is 0 Å². The van der Waals surface area contributed by atoms with E-state index in [0.717, 1.165) is 4.48 Å². The third kappa shape index (κ3) is 3.88. The third-order valence-electron chi connectivity index (χ3n) is 2.54. The van der Waals surface area contributed by atoms with Crippen LogP contribution in [0.15, 0.2) is 41.4 Å². The van der Waals surface area contributed by atoms with Crippen LogP contribution in [-0.4, -0.2) is 5.78 Å². The van der Waals surface area contributed by atoms with Crippen LogP contribution in [0.4, 0.5) is 4.39 Å². The molecule has 0 amide bonds. The molecule has 0 spiro atoms. The Morgan fingerprint density at radius 2 is 2.05 bits per heavy atom. The summed E-state index contributed by atoms with van der Waals surface area (Å²) in [6, 6.07) is 2.60. The number of halogens is 3. The van der Waals surface area contributed by atoms with Crippen molar-refractivity contribution in [3.63, 3.8) is 0 Å². The van der Waals surface area contributed by atoms with Crippen LogP contribution in [0.25, 0.3) is 5.57 Å². The minimum atomic E-state index is -0.587. The van der Waals surface area contributed by atoms with Gasteiger partial charge in [-0.2, -0.15) is 0 Å². The fraction of sp³-hybridized carbons (Fsp3) is 0.133. The highest BCUT2D eigenvalue weighted by Gasteiger charge is 2.13. The zero-order valence-electron chi connectivity index (χ0n) is 10.6. The van der Waals surface area contributed by atoms with Crippen molar-refractivity contribution >= 4 is 38.9 Å². The monoisotopic (exact) mass is 342 g/mol. The number of Topliss-reactive ketones (excluding diaryl/α,β-unsaturated/α-hetero) is 1. The summed E-state index contributed by atoms with van der Waals surface area (Å²) >= 11 is 9.45. The average Bonchev–Trinajstić information content (AvgIpc) is 2.37. The highest BCUT2D eigenvalue weighted by molar-refractivity contribution is 9.11. The van der Waals surface area contributed by atoms with Crippen molar-refractivity contribution in [1.82, 2.24) is 0 Å². The SMILES string of the molecule is C=C/C(=C\C(Br)=C/C)c1cc(F)c(C(C)=O)cc1Cl. The molecule has 0 radical (unpaired) electrons. The Morgan fingerprint density at radius 3 is 2.53 bits per heavy atom. The summed E-state index contributed by atoms with van der Waals surface area (Å²) in [7, 11) is 0. The van der Waals surface area contributed by atoms with Crippen LogP contribution >= 0.6 is 27.5 Å². The van der Waals surface area contributed by atoms with Gasteiger partial charge in [-0.05, 0) is 37.6 Å². The highest BCUT2D eigenvalue weighted by atomic mass is 79.9. The largest absolute Gasteiger partial charge is 0.294 e. The predicted octanol–water partition coefficient (Wildman–Crippen LogP) is 5.55. The average molecular weight is 344 g/mol. The molecule has 0 aliphatic rings. The van der Waals surface area contributed by atoms with Crippen LogP contribution in [-0.2, 0) is 0 Å². The first-order chi connectivity index (χ1) is 8.90.